The average Bonchev–Trinajstić information content (AvgIpc) is 2.47. The van der Waals surface area contributed by atoms with Crippen LogP contribution in [0.4, 0.5) is 0 Å². The van der Waals surface area contributed by atoms with E-state index in [-0.39, 0.29) is 17.7 Å². The van der Waals surface area contributed by atoms with Gasteiger partial charge in [0.05, 0.1) is 11.4 Å². The van der Waals surface area contributed by atoms with Gasteiger partial charge in [0.15, 0.2) is 0 Å². The van der Waals surface area contributed by atoms with Crippen LogP contribution in [0.2, 0.25) is 0 Å². The molecule has 17 heavy (non-hydrogen) atoms. The summed E-state index contributed by atoms with van der Waals surface area (Å²) in [6.07, 6.45) is 3.40. The van der Waals surface area contributed by atoms with Crippen molar-refractivity contribution < 1.29 is 13.5 Å². The van der Waals surface area contributed by atoms with Crippen LogP contribution in [0.5, 0.6) is 0 Å². The van der Waals surface area contributed by atoms with Crippen LogP contribution in [0.3, 0.4) is 0 Å². The smallest absolute Gasteiger partial charge is 0.214 e. The predicted molar refractivity (Wildman–Crippen MR) is 69.3 cm³/mol. The van der Waals surface area contributed by atoms with Crippen molar-refractivity contribution >= 4 is 10.0 Å². The van der Waals surface area contributed by atoms with Crippen LogP contribution in [0, 0.1) is 5.41 Å². The molecule has 5 heteroatoms. The number of likely N-dealkylation sites (N-methyl/N-ethyl adjacent to an activating group) is 1. The second-order valence-corrected chi connectivity index (χ2v) is 8.58. The molecule has 0 spiro atoms. The molecule has 1 saturated carbocycles. The molecular weight excluding hydrogens is 238 g/mol. The Morgan fingerprint density at radius 2 is 1.71 bits per heavy atom. The maximum absolute atomic E-state index is 12.1. The fraction of sp³-hybridized carbons (Fsp3) is 1.00. The van der Waals surface area contributed by atoms with Crippen LogP contribution >= 0.6 is 0 Å². The molecule has 4 nitrogen and oxygen atoms in total. The Morgan fingerprint density at radius 3 is 2.12 bits per heavy atom. The zero-order valence-electron chi connectivity index (χ0n) is 11.4. The van der Waals surface area contributed by atoms with Crippen LogP contribution in [0.1, 0.15) is 46.5 Å². The minimum Gasteiger partial charge on any atom is -0.389 e. The third-order valence-electron chi connectivity index (χ3n) is 3.14. The van der Waals surface area contributed by atoms with Crippen LogP contribution in [-0.2, 0) is 10.0 Å². The number of sulfonamides is 1. The SMILES string of the molecule is CN(CC1(O)CCCC1)S(=O)(=O)CC(C)(C)C. The normalized spacial score (nSPS) is 21.1. The Bertz CT molecular complexity index is 350. The summed E-state index contributed by atoms with van der Waals surface area (Å²) in [5.74, 6) is 0.118. The Balaban J connectivity index is 2.66. The van der Waals surface area contributed by atoms with E-state index in [1.807, 2.05) is 20.8 Å². The summed E-state index contributed by atoms with van der Waals surface area (Å²) in [4.78, 5) is 0. The number of hydrogen-bond acceptors (Lipinski definition) is 3. The molecule has 0 aromatic heterocycles. The summed E-state index contributed by atoms with van der Waals surface area (Å²) in [5, 5.41) is 10.2. The molecule has 0 saturated heterocycles. The number of nitrogens with zero attached hydrogens (tertiary/aromatic N) is 1. The summed E-state index contributed by atoms with van der Waals surface area (Å²) >= 11 is 0. The molecule has 0 unspecified atom stereocenters. The number of hydrogen-bond donors (Lipinski definition) is 1. The van der Waals surface area contributed by atoms with E-state index >= 15 is 0 Å². The van der Waals surface area contributed by atoms with E-state index in [0.29, 0.717) is 12.8 Å². The highest BCUT2D eigenvalue weighted by atomic mass is 32.2. The van der Waals surface area contributed by atoms with Gasteiger partial charge in [-0.3, -0.25) is 0 Å². The molecule has 0 bridgehead atoms. The molecule has 0 atom stereocenters. The Hall–Kier alpha value is -0.130. The molecule has 0 aromatic carbocycles. The molecule has 1 rings (SSSR count). The van der Waals surface area contributed by atoms with Crippen molar-refractivity contribution in [3.63, 3.8) is 0 Å². The molecular formula is C12H25NO3S. The molecule has 1 aliphatic carbocycles. The minimum atomic E-state index is -3.27. The summed E-state index contributed by atoms with van der Waals surface area (Å²) in [6.45, 7) is 5.94. The zero-order chi connectivity index (χ0) is 13.3. The van der Waals surface area contributed by atoms with E-state index in [4.69, 9.17) is 0 Å². The first-order chi connectivity index (χ1) is 7.54. The van der Waals surface area contributed by atoms with Crippen molar-refractivity contribution in [1.29, 1.82) is 0 Å². The third-order valence-corrected chi connectivity index (χ3v) is 5.45. The van der Waals surface area contributed by atoms with Crippen LogP contribution in [0.15, 0.2) is 0 Å². The fourth-order valence-electron chi connectivity index (χ4n) is 2.36. The van der Waals surface area contributed by atoms with Gasteiger partial charge in [-0.1, -0.05) is 33.6 Å². The average molecular weight is 263 g/mol. The zero-order valence-corrected chi connectivity index (χ0v) is 12.2. The Kier molecular flexibility index (Phi) is 4.27. The van der Waals surface area contributed by atoms with Gasteiger partial charge in [-0.05, 0) is 18.3 Å². The molecule has 1 fully saturated rings. The highest BCUT2D eigenvalue weighted by Gasteiger charge is 2.36. The summed E-state index contributed by atoms with van der Waals surface area (Å²) in [6, 6.07) is 0. The molecule has 0 aliphatic heterocycles. The number of aliphatic hydroxyl groups is 1. The van der Waals surface area contributed by atoms with E-state index in [2.05, 4.69) is 0 Å². The van der Waals surface area contributed by atoms with Gasteiger partial charge in [-0.25, -0.2) is 12.7 Å². The molecule has 1 N–H and O–H groups in total. The minimum absolute atomic E-state index is 0.118. The molecule has 102 valence electrons. The largest absolute Gasteiger partial charge is 0.389 e. The van der Waals surface area contributed by atoms with Gasteiger partial charge in [-0.15, -0.1) is 0 Å². The quantitative estimate of drug-likeness (QED) is 0.838. The van der Waals surface area contributed by atoms with Gasteiger partial charge in [-0.2, -0.15) is 0 Å². The van der Waals surface area contributed by atoms with Gasteiger partial charge in [0.25, 0.3) is 0 Å². The summed E-state index contributed by atoms with van der Waals surface area (Å²) in [5.41, 5.74) is -1.06. The van der Waals surface area contributed by atoms with Gasteiger partial charge >= 0.3 is 0 Å². The first kappa shape index (κ1) is 14.9. The fourth-order valence-corrected chi connectivity index (χ4v) is 4.11. The highest BCUT2D eigenvalue weighted by Crippen LogP contribution is 2.31. The van der Waals surface area contributed by atoms with Gasteiger partial charge < -0.3 is 5.11 Å². The third kappa shape index (κ3) is 4.56. The van der Waals surface area contributed by atoms with Crippen molar-refractivity contribution in [3.8, 4) is 0 Å². The number of rotatable bonds is 4. The lowest BCUT2D eigenvalue weighted by atomic mass is 10.0. The maximum Gasteiger partial charge on any atom is 0.214 e. The van der Waals surface area contributed by atoms with Gasteiger partial charge in [0.2, 0.25) is 10.0 Å². The van der Waals surface area contributed by atoms with Crippen LogP contribution in [0.25, 0.3) is 0 Å². The monoisotopic (exact) mass is 263 g/mol. The topological polar surface area (TPSA) is 57.6 Å². The lowest BCUT2D eigenvalue weighted by Crippen LogP contribution is -2.44. The van der Waals surface area contributed by atoms with Crippen molar-refractivity contribution in [2.75, 3.05) is 19.3 Å². The van der Waals surface area contributed by atoms with Crippen LogP contribution in [-0.4, -0.2) is 42.8 Å². The standard InChI is InChI=1S/C12H25NO3S/c1-11(2,3)10-17(15,16)13(4)9-12(14)7-5-6-8-12/h14H,5-10H2,1-4H3. The molecule has 0 aromatic rings. The lowest BCUT2D eigenvalue weighted by Gasteiger charge is -2.30. The van der Waals surface area contributed by atoms with E-state index in [1.165, 1.54) is 4.31 Å². The van der Waals surface area contributed by atoms with Crippen molar-refractivity contribution in [2.24, 2.45) is 5.41 Å². The first-order valence-corrected chi connectivity index (χ1v) is 7.82. The maximum atomic E-state index is 12.1. The molecule has 1 aliphatic rings. The van der Waals surface area contributed by atoms with Crippen molar-refractivity contribution in [1.82, 2.24) is 4.31 Å². The molecule has 0 heterocycles. The van der Waals surface area contributed by atoms with Gasteiger partial charge in [0.1, 0.15) is 0 Å². The van der Waals surface area contributed by atoms with Gasteiger partial charge in [0, 0.05) is 13.6 Å². The summed E-state index contributed by atoms with van der Waals surface area (Å²) in [7, 11) is -1.70. The van der Waals surface area contributed by atoms with E-state index in [1.54, 1.807) is 7.05 Å². The first-order valence-electron chi connectivity index (χ1n) is 6.21. The second kappa shape index (κ2) is 4.86. The molecule has 0 amide bonds. The van der Waals surface area contributed by atoms with E-state index < -0.39 is 15.6 Å². The molecule has 0 radical (unpaired) electrons. The lowest BCUT2D eigenvalue weighted by molar-refractivity contribution is 0.0332. The van der Waals surface area contributed by atoms with Crippen LogP contribution < -0.4 is 0 Å². The Morgan fingerprint density at radius 1 is 1.24 bits per heavy atom. The highest BCUT2D eigenvalue weighted by molar-refractivity contribution is 7.89. The second-order valence-electron chi connectivity index (χ2n) is 6.50. The predicted octanol–water partition coefficient (Wildman–Crippen LogP) is 1.60. The van der Waals surface area contributed by atoms with Crippen molar-refractivity contribution in [2.45, 2.75) is 52.1 Å². The summed E-state index contributed by atoms with van der Waals surface area (Å²) < 4.78 is 25.5. The van der Waals surface area contributed by atoms with Crippen molar-refractivity contribution in [3.05, 3.63) is 0 Å². The van der Waals surface area contributed by atoms with E-state index in [0.717, 1.165) is 12.8 Å². The van der Waals surface area contributed by atoms with E-state index in [9.17, 15) is 13.5 Å². The Labute approximate surface area is 105 Å².